The molecule has 0 atom stereocenters. The van der Waals surface area contributed by atoms with Crippen LogP contribution in [0, 0.1) is 0 Å². The third kappa shape index (κ3) is 5.09. The van der Waals surface area contributed by atoms with Crippen LogP contribution in [-0.2, 0) is 19.4 Å². The molecule has 4 N–H and O–H groups in total. The summed E-state index contributed by atoms with van der Waals surface area (Å²) in [5.74, 6) is -0.936. The smallest absolute Gasteiger partial charge is 0.335 e. The van der Waals surface area contributed by atoms with Crippen LogP contribution in [0.3, 0.4) is 0 Å². The molecule has 0 aliphatic carbocycles. The van der Waals surface area contributed by atoms with Gasteiger partial charge in [0, 0.05) is 22.9 Å². The Hall–Kier alpha value is -2.82. The zero-order valence-corrected chi connectivity index (χ0v) is 15.5. The minimum atomic E-state index is -0.936. The van der Waals surface area contributed by atoms with Crippen molar-refractivity contribution in [2.75, 3.05) is 5.32 Å². The summed E-state index contributed by atoms with van der Waals surface area (Å²) in [4.78, 5) is 11.1. The summed E-state index contributed by atoms with van der Waals surface area (Å²) in [7, 11) is 0. The minimum absolute atomic E-state index is 0.260. The number of halogens is 1. The van der Waals surface area contributed by atoms with Gasteiger partial charge in [-0.15, -0.1) is 0 Å². The monoisotopic (exact) mass is 380 g/mol. The van der Waals surface area contributed by atoms with Crippen molar-refractivity contribution in [3.63, 3.8) is 0 Å². The van der Waals surface area contributed by atoms with Gasteiger partial charge in [0.2, 0.25) is 0 Å². The van der Waals surface area contributed by atoms with Gasteiger partial charge in [-0.2, -0.15) is 0 Å². The van der Waals surface area contributed by atoms with Crippen molar-refractivity contribution in [1.82, 2.24) is 0 Å². The maximum Gasteiger partial charge on any atom is 0.335 e. The summed E-state index contributed by atoms with van der Waals surface area (Å²) < 4.78 is 0. The standard InChI is InChI=1S/C22H21ClN2O2/c23-21-12-16(6-9-18(21)14-24)5-4-15-7-10-19(11-8-15)25-20-3-1-2-17(13-20)22(26)27/h1-3,6-13,25H,4-5,14,24H2,(H,26,27). The van der Waals surface area contributed by atoms with Crippen molar-refractivity contribution in [3.05, 3.63) is 94.0 Å². The number of anilines is 2. The molecule has 5 heteroatoms. The average molecular weight is 381 g/mol. The van der Waals surface area contributed by atoms with E-state index in [1.54, 1.807) is 18.2 Å². The van der Waals surface area contributed by atoms with E-state index in [0.29, 0.717) is 6.54 Å². The van der Waals surface area contributed by atoms with E-state index in [9.17, 15) is 4.79 Å². The van der Waals surface area contributed by atoms with Crippen LogP contribution in [0.25, 0.3) is 0 Å². The lowest BCUT2D eigenvalue weighted by Crippen LogP contribution is -1.99. The van der Waals surface area contributed by atoms with Gasteiger partial charge < -0.3 is 16.2 Å². The van der Waals surface area contributed by atoms with E-state index in [1.165, 1.54) is 11.1 Å². The van der Waals surface area contributed by atoms with E-state index in [0.717, 1.165) is 34.8 Å². The molecule has 0 aliphatic rings. The highest BCUT2D eigenvalue weighted by molar-refractivity contribution is 6.31. The zero-order chi connectivity index (χ0) is 19.2. The maximum absolute atomic E-state index is 11.1. The Morgan fingerprint density at radius 3 is 2.30 bits per heavy atom. The van der Waals surface area contributed by atoms with Gasteiger partial charge in [-0.3, -0.25) is 0 Å². The maximum atomic E-state index is 11.1. The molecular formula is C22H21ClN2O2. The fourth-order valence-electron chi connectivity index (χ4n) is 2.85. The topological polar surface area (TPSA) is 75.3 Å². The molecule has 0 saturated carbocycles. The van der Waals surface area contributed by atoms with Crippen LogP contribution in [0.15, 0.2) is 66.7 Å². The number of aryl methyl sites for hydroxylation is 2. The molecule has 4 nitrogen and oxygen atoms in total. The molecule has 0 bridgehead atoms. The second kappa shape index (κ2) is 8.71. The van der Waals surface area contributed by atoms with Crippen LogP contribution in [0.2, 0.25) is 5.02 Å². The Bertz CT molecular complexity index is 939. The van der Waals surface area contributed by atoms with E-state index in [-0.39, 0.29) is 5.56 Å². The summed E-state index contributed by atoms with van der Waals surface area (Å²) in [6.45, 7) is 0.447. The summed E-state index contributed by atoms with van der Waals surface area (Å²) in [6, 6.07) is 20.9. The van der Waals surface area contributed by atoms with Crippen LogP contribution < -0.4 is 11.1 Å². The molecule has 3 rings (SSSR count). The van der Waals surface area contributed by atoms with Crippen LogP contribution in [0.4, 0.5) is 11.4 Å². The Balaban J connectivity index is 1.61. The first-order valence-electron chi connectivity index (χ1n) is 8.72. The van der Waals surface area contributed by atoms with Gasteiger partial charge >= 0.3 is 5.97 Å². The van der Waals surface area contributed by atoms with Crippen molar-refractivity contribution >= 4 is 28.9 Å². The molecule has 0 unspecified atom stereocenters. The highest BCUT2D eigenvalue weighted by atomic mass is 35.5. The van der Waals surface area contributed by atoms with Crippen molar-refractivity contribution in [3.8, 4) is 0 Å². The number of rotatable bonds is 7. The Labute approximate surface area is 163 Å². The van der Waals surface area contributed by atoms with Crippen LogP contribution in [0.1, 0.15) is 27.0 Å². The zero-order valence-electron chi connectivity index (χ0n) is 14.8. The molecule has 0 aromatic heterocycles. The molecule has 27 heavy (non-hydrogen) atoms. The van der Waals surface area contributed by atoms with Gasteiger partial charge in [-0.1, -0.05) is 41.9 Å². The fourth-order valence-corrected chi connectivity index (χ4v) is 3.13. The van der Waals surface area contributed by atoms with Crippen LogP contribution in [0.5, 0.6) is 0 Å². The number of carboxylic acids is 1. The number of carboxylic acid groups (broad SMARTS) is 1. The molecule has 0 amide bonds. The summed E-state index contributed by atoms with van der Waals surface area (Å²) in [5.41, 5.74) is 10.9. The summed E-state index contributed by atoms with van der Waals surface area (Å²) >= 11 is 6.21. The molecule has 3 aromatic rings. The molecule has 0 aliphatic heterocycles. The number of benzene rings is 3. The lowest BCUT2D eigenvalue weighted by molar-refractivity contribution is 0.0697. The number of hydrogen-bond donors (Lipinski definition) is 3. The van der Waals surface area contributed by atoms with Crippen molar-refractivity contribution in [1.29, 1.82) is 0 Å². The molecule has 0 radical (unpaired) electrons. The SMILES string of the molecule is NCc1ccc(CCc2ccc(Nc3cccc(C(=O)O)c3)cc2)cc1Cl. The van der Waals surface area contributed by atoms with Crippen molar-refractivity contribution in [2.24, 2.45) is 5.73 Å². The number of nitrogens with one attached hydrogen (secondary N) is 1. The van der Waals surface area contributed by atoms with Gasteiger partial charge in [0.1, 0.15) is 0 Å². The summed E-state index contributed by atoms with van der Waals surface area (Å²) in [6.07, 6.45) is 1.81. The van der Waals surface area contributed by atoms with E-state index < -0.39 is 5.97 Å². The Kier molecular flexibility index (Phi) is 6.12. The second-order valence-corrected chi connectivity index (χ2v) is 6.74. The van der Waals surface area contributed by atoms with Crippen molar-refractivity contribution < 1.29 is 9.90 Å². The molecule has 0 spiro atoms. The number of carbonyl (C=O) groups is 1. The van der Waals surface area contributed by atoms with Crippen LogP contribution in [-0.4, -0.2) is 11.1 Å². The fraction of sp³-hybridized carbons (Fsp3) is 0.136. The highest BCUT2D eigenvalue weighted by Gasteiger charge is 2.04. The Morgan fingerprint density at radius 1 is 0.926 bits per heavy atom. The summed E-state index contributed by atoms with van der Waals surface area (Å²) in [5, 5.41) is 13.0. The molecule has 0 heterocycles. The molecule has 0 saturated heterocycles. The second-order valence-electron chi connectivity index (χ2n) is 6.34. The van der Waals surface area contributed by atoms with E-state index in [2.05, 4.69) is 23.5 Å². The largest absolute Gasteiger partial charge is 0.478 e. The van der Waals surface area contributed by atoms with E-state index in [4.69, 9.17) is 22.4 Å². The third-order valence-corrected chi connectivity index (χ3v) is 4.74. The van der Waals surface area contributed by atoms with Gasteiger partial charge in [-0.05, 0) is 65.9 Å². The third-order valence-electron chi connectivity index (χ3n) is 4.39. The lowest BCUT2D eigenvalue weighted by Gasteiger charge is -2.09. The predicted octanol–water partition coefficient (Wildman–Crippen LogP) is 5.03. The first kappa shape index (κ1) is 19.0. The molecule has 138 valence electrons. The average Bonchev–Trinajstić information content (AvgIpc) is 2.68. The number of aromatic carboxylic acids is 1. The van der Waals surface area contributed by atoms with Crippen LogP contribution >= 0.6 is 11.6 Å². The number of hydrogen-bond acceptors (Lipinski definition) is 3. The quantitative estimate of drug-likeness (QED) is 0.537. The predicted molar refractivity (Wildman–Crippen MR) is 110 cm³/mol. The number of nitrogens with two attached hydrogens (primary N) is 1. The molecule has 3 aromatic carbocycles. The first-order chi connectivity index (χ1) is 13.0. The molecular weight excluding hydrogens is 360 g/mol. The first-order valence-corrected chi connectivity index (χ1v) is 9.09. The Morgan fingerprint density at radius 2 is 1.63 bits per heavy atom. The van der Waals surface area contributed by atoms with E-state index >= 15 is 0 Å². The van der Waals surface area contributed by atoms with Gasteiger partial charge in [0.15, 0.2) is 0 Å². The van der Waals surface area contributed by atoms with Gasteiger partial charge in [-0.25, -0.2) is 4.79 Å². The van der Waals surface area contributed by atoms with Gasteiger partial charge in [0.05, 0.1) is 5.56 Å². The normalized spacial score (nSPS) is 10.6. The highest BCUT2D eigenvalue weighted by Crippen LogP contribution is 2.21. The lowest BCUT2D eigenvalue weighted by atomic mass is 10.0. The minimum Gasteiger partial charge on any atom is -0.478 e. The van der Waals surface area contributed by atoms with E-state index in [1.807, 2.05) is 30.3 Å². The van der Waals surface area contributed by atoms with Crippen molar-refractivity contribution in [2.45, 2.75) is 19.4 Å². The molecule has 0 fully saturated rings. The van der Waals surface area contributed by atoms with Gasteiger partial charge in [0.25, 0.3) is 0 Å².